The molecule has 4 rings (SSSR count). The molecule has 1 fully saturated rings. The monoisotopic (exact) mass is 481 g/mol. The lowest BCUT2D eigenvalue weighted by molar-refractivity contribution is 0.305. The highest BCUT2D eigenvalue weighted by molar-refractivity contribution is 7.13. The molecule has 3 heterocycles. The lowest BCUT2D eigenvalue weighted by Crippen LogP contribution is -2.33. The van der Waals surface area contributed by atoms with Crippen LogP contribution in [0.3, 0.4) is 0 Å². The molecule has 34 heavy (non-hydrogen) atoms. The maximum atomic E-state index is 15.8. The summed E-state index contributed by atoms with van der Waals surface area (Å²) in [6, 6.07) is 4.34. The van der Waals surface area contributed by atoms with Crippen molar-refractivity contribution in [3.63, 3.8) is 0 Å². The molecule has 3 atom stereocenters. The Morgan fingerprint density at radius 2 is 2.15 bits per heavy atom. The first-order valence-electron chi connectivity index (χ1n) is 12.6. The van der Waals surface area contributed by atoms with Crippen LogP contribution in [0.4, 0.5) is 10.2 Å². The Kier molecular flexibility index (Phi) is 8.14. The predicted octanol–water partition coefficient (Wildman–Crippen LogP) is 7.20. The number of rotatable bonds is 7. The van der Waals surface area contributed by atoms with Crippen LogP contribution in [0.15, 0.2) is 40.5 Å². The Labute approximate surface area is 206 Å². The van der Waals surface area contributed by atoms with Crippen LogP contribution >= 0.6 is 11.3 Å². The number of anilines is 1. The van der Waals surface area contributed by atoms with Crippen LogP contribution in [0, 0.1) is 11.7 Å². The fourth-order valence-electron chi connectivity index (χ4n) is 4.87. The van der Waals surface area contributed by atoms with E-state index in [1.54, 1.807) is 0 Å². The number of nitrogens with one attached hydrogen (secondary N) is 2. The number of halogens is 1. The molecule has 2 N–H and O–H groups in total. The molecular weight excluding hydrogens is 445 g/mol. The van der Waals surface area contributed by atoms with E-state index < -0.39 is 0 Å². The molecule has 2 aromatic heterocycles. The fourth-order valence-corrected chi connectivity index (χ4v) is 5.58. The van der Waals surface area contributed by atoms with E-state index in [1.165, 1.54) is 30.6 Å². The third-order valence-corrected chi connectivity index (χ3v) is 7.67. The minimum absolute atomic E-state index is 0.235. The summed E-state index contributed by atoms with van der Waals surface area (Å²) in [6.07, 6.45) is 11.6. The van der Waals surface area contributed by atoms with Crippen molar-refractivity contribution in [1.29, 1.82) is 0 Å². The Morgan fingerprint density at radius 1 is 1.32 bits per heavy atom. The highest BCUT2D eigenvalue weighted by atomic mass is 32.1. The van der Waals surface area contributed by atoms with Gasteiger partial charge >= 0.3 is 0 Å². The largest absolute Gasteiger partial charge is 0.387 e. The van der Waals surface area contributed by atoms with Crippen molar-refractivity contribution in [1.82, 2.24) is 15.3 Å². The van der Waals surface area contributed by atoms with Gasteiger partial charge in [0, 0.05) is 30.4 Å². The molecule has 5 nitrogen and oxygen atoms in total. The average Bonchev–Trinajstić information content (AvgIpc) is 3.37. The van der Waals surface area contributed by atoms with Gasteiger partial charge in [-0.3, -0.25) is 4.99 Å². The van der Waals surface area contributed by atoms with Crippen LogP contribution in [-0.4, -0.2) is 27.8 Å². The minimum Gasteiger partial charge on any atom is -0.387 e. The number of allylic oxidation sites excluding steroid dienone is 3. The molecule has 7 heteroatoms. The van der Waals surface area contributed by atoms with Gasteiger partial charge in [-0.2, -0.15) is 0 Å². The number of aliphatic imine (C=N–C) groups is 1. The van der Waals surface area contributed by atoms with Crippen molar-refractivity contribution in [2.75, 3.05) is 5.32 Å². The Morgan fingerprint density at radius 3 is 2.88 bits per heavy atom. The van der Waals surface area contributed by atoms with E-state index in [4.69, 9.17) is 15.0 Å². The zero-order valence-electron chi connectivity index (χ0n) is 20.7. The van der Waals surface area contributed by atoms with E-state index in [9.17, 15) is 0 Å². The first-order chi connectivity index (χ1) is 16.5. The van der Waals surface area contributed by atoms with Gasteiger partial charge in [0.15, 0.2) is 17.5 Å². The van der Waals surface area contributed by atoms with E-state index >= 15 is 4.39 Å². The molecule has 182 valence electrons. The van der Waals surface area contributed by atoms with Gasteiger partial charge in [0.1, 0.15) is 5.69 Å². The molecule has 1 aliphatic heterocycles. The maximum absolute atomic E-state index is 15.8. The zero-order valence-corrected chi connectivity index (χ0v) is 21.5. The Bertz CT molecular complexity index is 1070. The van der Waals surface area contributed by atoms with Crippen LogP contribution < -0.4 is 10.6 Å². The molecule has 1 aliphatic carbocycles. The van der Waals surface area contributed by atoms with E-state index in [-0.39, 0.29) is 17.9 Å². The minimum atomic E-state index is -0.368. The third-order valence-electron chi connectivity index (χ3n) is 6.79. The SMILES string of the molecule is C/C=C(C)\N=C1/CC(C)NC=C1c1nc(NC2CCCCC2CCC)c(F)c(-c2cccs2)n1. The van der Waals surface area contributed by atoms with Crippen molar-refractivity contribution in [2.45, 2.75) is 84.7 Å². The lowest BCUT2D eigenvalue weighted by Gasteiger charge is -2.33. The van der Waals surface area contributed by atoms with Crippen molar-refractivity contribution in [2.24, 2.45) is 10.9 Å². The normalized spacial score (nSPS) is 24.6. The number of nitrogens with zero attached hydrogens (tertiary/aromatic N) is 3. The Balaban J connectivity index is 1.79. The molecule has 2 aliphatic rings. The van der Waals surface area contributed by atoms with Gasteiger partial charge in [-0.15, -0.1) is 11.3 Å². The molecule has 2 aromatic rings. The topological polar surface area (TPSA) is 62.2 Å². The van der Waals surface area contributed by atoms with Crippen molar-refractivity contribution < 1.29 is 4.39 Å². The van der Waals surface area contributed by atoms with Crippen LogP contribution in [-0.2, 0) is 0 Å². The smallest absolute Gasteiger partial charge is 0.192 e. The van der Waals surface area contributed by atoms with Crippen LogP contribution in [0.5, 0.6) is 0 Å². The van der Waals surface area contributed by atoms with E-state index in [0.717, 1.165) is 47.5 Å². The molecule has 0 spiro atoms. The first kappa shape index (κ1) is 24.6. The molecule has 0 aromatic carbocycles. The predicted molar refractivity (Wildman–Crippen MR) is 142 cm³/mol. The third kappa shape index (κ3) is 5.57. The van der Waals surface area contributed by atoms with Gasteiger partial charge in [0.2, 0.25) is 0 Å². The summed E-state index contributed by atoms with van der Waals surface area (Å²) in [6.45, 7) is 8.32. The van der Waals surface area contributed by atoms with Crippen LogP contribution in [0.25, 0.3) is 16.1 Å². The van der Waals surface area contributed by atoms with Crippen LogP contribution in [0.1, 0.15) is 78.5 Å². The summed E-state index contributed by atoms with van der Waals surface area (Å²) >= 11 is 1.49. The molecule has 1 saturated carbocycles. The highest BCUT2D eigenvalue weighted by Gasteiger charge is 2.28. The summed E-state index contributed by atoms with van der Waals surface area (Å²) in [5.74, 6) is 1.00. The summed E-state index contributed by atoms with van der Waals surface area (Å²) in [7, 11) is 0. The average molecular weight is 482 g/mol. The molecule has 0 radical (unpaired) electrons. The standard InChI is InChI=1S/C27H36FN5S/c1-5-10-19-11-7-8-12-21(19)31-27-24(28)25(23-13-9-14-34-23)32-26(33-27)20-16-29-18(4)15-22(20)30-17(3)6-2/h6,9,13-14,16,18-19,21,29H,5,7-8,10-12,15H2,1-4H3,(H,31,32,33)/b17-6-,30-22+. The maximum Gasteiger partial charge on any atom is 0.192 e. The quantitative estimate of drug-likeness (QED) is 0.439. The van der Waals surface area contributed by atoms with Crippen LogP contribution in [0.2, 0.25) is 0 Å². The second kappa shape index (κ2) is 11.3. The number of hydrogen-bond acceptors (Lipinski definition) is 6. The second-order valence-electron chi connectivity index (χ2n) is 9.44. The van der Waals surface area contributed by atoms with Gasteiger partial charge in [-0.25, -0.2) is 14.4 Å². The molecule has 3 unspecified atom stereocenters. The summed E-state index contributed by atoms with van der Waals surface area (Å²) in [4.78, 5) is 15.1. The molecule has 0 bridgehead atoms. The Hall–Kier alpha value is -2.54. The van der Waals surface area contributed by atoms with Crippen molar-refractivity contribution in [3.05, 3.63) is 47.1 Å². The highest BCUT2D eigenvalue weighted by Crippen LogP contribution is 2.34. The zero-order chi connectivity index (χ0) is 24.1. The number of aromatic nitrogens is 2. The summed E-state index contributed by atoms with van der Waals surface area (Å²) in [5.41, 5.74) is 3.05. The van der Waals surface area contributed by atoms with E-state index in [2.05, 4.69) is 24.5 Å². The fraction of sp³-hybridized carbons (Fsp3) is 0.519. The van der Waals surface area contributed by atoms with Gasteiger partial charge in [0.25, 0.3) is 0 Å². The van der Waals surface area contributed by atoms with Crippen molar-refractivity contribution in [3.8, 4) is 10.6 Å². The molecule has 0 saturated heterocycles. The first-order valence-corrected chi connectivity index (χ1v) is 13.4. The summed E-state index contributed by atoms with van der Waals surface area (Å²) < 4.78 is 15.8. The van der Waals surface area contributed by atoms with E-state index in [0.29, 0.717) is 23.3 Å². The number of thiophene rings is 1. The van der Waals surface area contributed by atoms with Gasteiger partial charge in [-0.1, -0.05) is 38.3 Å². The lowest BCUT2D eigenvalue weighted by atomic mass is 9.82. The molecule has 0 amide bonds. The van der Waals surface area contributed by atoms with Gasteiger partial charge in [0.05, 0.1) is 16.2 Å². The second-order valence-corrected chi connectivity index (χ2v) is 10.4. The summed E-state index contributed by atoms with van der Waals surface area (Å²) in [5, 5.41) is 8.86. The van der Waals surface area contributed by atoms with Crippen molar-refractivity contribution >= 4 is 28.4 Å². The van der Waals surface area contributed by atoms with E-state index in [1.807, 2.05) is 43.6 Å². The van der Waals surface area contributed by atoms with Gasteiger partial charge < -0.3 is 10.6 Å². The van der Waals surface area contributed by atoms with Gasteiger partial charge in [-0.05, 0) is 57.4 Å². The molecular formula is C27H36FN5S. The number of hydrogen-bond donors (Lipinski definition) is 2.